The lowest BCUT2D eigenvalue weighted by molar-refractivity contribution is 0.0697. The Morgan fingerprint density at radius 2 is 1.88 bits per heavy atom. The molecule has 1 N–H and O–H groups in total. The van der Waals surface area contributed by atoms with Gasteiger partial charge in [0.15, 0.2) is 0 Å². The summed E-state index contributed by atoms with van der Waals surface area (Å²) < 4.78 is 27.4. The zero-order chi connectivity index (χ0) is 29.2. The Kier molecular flexibility index (Phi) is 7.56. The summed E-state index contributed by atoms with van der Waals surface area (Å²) in [5, 5.41) is 18.4. The van der Waals surface area contributed by atoms with Crippen molar-refractivity contribution >= 4 is 22.8 Å². The Hall–Kier alpha value is -4.79. The predicted octanol–water partition coefficient (Wildman–Crippen LogP) is 4.00. The van der Waals surface area contributed by atoms with Gasteiger partial charge in [0, 0.05) is 51.5 Å². The number of carboxylic acid groups (broad SMARTS) is 1. The fraction of sp³-hybridized carbons (Fsp3) is 0.290. The first-order chi connectivity index (χ1) is 20.4. The number of halogens is 1. The minimum absolute atomic E-state index is 0.0183. The van der Waals surface area contributed by atoms with Crippen molar-refractivity contribution in [2.75, 3.05) is 44.8 Å². The Morgan fingerprint density at radius 1 is 1.07 bits per heavy atom. The van der Waals surface area contributed by atoms with Crippen molar-refractivity contribution in [3.63, 3.8) is 0 Å². The molecular formula is C31H29FN6O4. The molecule has 4 aromatic rings. The number of hydrogen-bond acceptors (Lipinski definition) is 8. The highest BCUT2D eigenvalue weighted by Gasteiger charge is 2.31. The van der Waals surface area contributed by atoms with Crippen molar-refractivity contribution in [1.82, 2.24) is 19.4 Å². The number of aromatic nitrogens is 3. The molecular weight excluding hydrogens is 539 g/mol. The van der Waals surface area contributed by atoms with E-state index in [1.807, 2.05) is 18.2 Å². The summed E-state index contributed by atoms with van der Waals surface area (Å²) in [4.78, 5) is 25.6. The molecule has 0 amide bonds. The van der Waals surface area contributed by atoms with Gasteiger partial charge in [-0.1, -0.05) is 12.1 Å². The van der Waals surface area contributed by atoms with E-state index >= 15 is 0 Å². The molecule has 0 atom stereocenters. The van der Waals surface area contributed by atoms with Crippen LogP contribution in [0.15, 0.2) is 65.7 Å². The van der Waals surface area contributed by atoms with Gasteiger partial charge in [0.2, 0.25) is 5.88 Å². The molecule has 0 bridgehead atoms. The highest BCUT2D eigenvalue weighted by molar-refractivity contribution is 5.92. The summed E-state index contributed by atoms with van der Waals surface area (Å²) in [5.74, 6) is 0.645. The van der Waals surface area contributed by atoms with Gasteiger partial charge in [-0.15, -0.1) is 0 Å². The summed E-state index contributed by atoms with van der Waals surface area (Å²) in [6, 6.07) is 16.8. The second-order valence-corrected chi connectivity index (χ2v) is 10.4. The highest BCUT2D eigenvalue weighted by Crippen LogP contribution is 2.31. The zero-order valence-corrected chi connectivity index (χ0v) is 23.1. The first-order valence-corrected chi connectivity index (χ1v) is 13.6. The monoisotopic (exact) mass is 568 g/mol. The molecule has 11 heteroatoms. The quantitative estimate of drug-likeness (QED) is 0.283. The fourth-order valence-electron chi connectivity index (χ4n) is 5.54. The third-order valence-electron chi connectivity index (χ3n) is 7.64. The Bertz CT molecular complexity index is 1730. The minimum Gasteiger partial charge on any atom is -0.478 e. The zero-order valence-electron chi connectivity index (χ0n) is 23.1. The predicted molar refractivity (Wildman–Crippen MR) is 153 cm³/mol. The molecule has 0 aliphatic carbocycles. The summed E-state index contributed by atoms with van der Waals surface area (Å²) in [7, 11) is 1.65. The van der Waals surface area contributed by atoms with Crippen LogP contribution in [0.3, 0.4) is 0 Å². The van der Waals surface area contributed by atoms with Crippen LogP contribution in [0, 0.1) is 17.1 Å². The summed E-state index contributed by atoms with van der Waals surface area (Å²) in [6.45, 7) is 4.89. The lowest BCUT2D eigenvalue weighted by Gasteiger charge is -2.24. The van der Waals surface area contributed by atoms with Crippen LogP contribution in [-0.2, 0) is 24.4 Å². The van der Waals surface area contributed by atoms with Gasteiger partial charge in [0.05, 0.1) is 41.4 Å². The van der Waals surface area contributed by atoms with E-state index in [9.17, 15) is 14.3 Å². The molecule has 0 fully saturated rings. The van der Waals surface area contributed by atoms with Crippen molar-refractivity contribution in [1.29, 1.82) is 5.26 Å². The number of benzene rings is 2. The number of methoxy groups -OCH3 is 1. The topological polar surface area (TPSA) is 117 Å². The lowest BCUT2D eigenvalue weighted by Crippen LogP contribution is -2.30. The second-order valence-electron chi connectivity index (χ2n) is 10.4. The largest absolute Gasteiger partial charge is 0.478 e. The van der Waals surface area contributed by atoms with Crippen LogP contribution in [0.1, 0.15) is 27.3 Å². The van der Waals surface area contributed by atoms with Crippen LogP contribution in [0.2, 0.25) is 0 Å². The van der Waals surface area contributed by atoms with Crippen LogP contribution in [0.5, 0.6) is 5.88 Å². The van der Waals surface area contributed by atoms with E-state index in [0.717, 1.165) is 48.9 Å². The minimum atomic E-state index is -0.963. The molecule has 214 valence electrons. The number of rotatable bonds is 10. The number of aromatic carboxylic acids is 1. The summed E-state index contributed by atoms with van der Waals surface area (Å²) >= 11 is 0. The van der Waals surface area contributed by atoms with E-state index in [2.05, 4.69) is 19.4 Å². The van der Waals surface area contributed by atoms with Gasteiger partial charge < -0.3 is 24.0 Å². The fourth-order valence-corrected chi connectivity index (χ4v) is 5.54. The van der Waals surface area contributed by atoms with Gasteiger partial charge in [-0.2, -0.15) is 10.2 Å². The number of nitrogens with zero attached hydrogens (tertiary/aromatic N) is 6. The van der Waals surface area contributed by atoms with E-state index in [-0.39, 0.29) is 17.7 Å². The number of imidazole rings is 1. The molecule has 2 aliphatic rings. The maximum Gasteiger partial charge on any atom is 0.335 e. The average molecular weight is 569 g/mol. The Labute approximate surface area is 241 Å². The smallest absolute Gasteiger partial charge is 0.335 e. The molecule has 0 spiro atoms. The highest BCUT2D eigenvalue weighted by atomic mass is 19.1. The van der Waals surface area contributed by atoms with Gasteiger partial charge in [-0.05, 0) is 47.5 Å². The third kappa shape index (κ3) is 5.54. The number of carboxylic acids is 1. The molecule has 4 heterocycles. The third-order valence-corrected chi connectivity index (χ3v) is 7.64. The average Bonchev–Trinajstić information content (AvgIpc) is 3.66. The van der Waals surface area contributed by atoms with E-state index < -0.39 is 11.8 Å². The van der Waals surface area contributed by atoms with Crippen molar-refractivity contribution < 1.29 is 23.8 Å². The first kappa shape index (κ1) is 27.4. The SMILES string of the molecule is COCCn1c(CN2CC3=C(C2)CN(c2cccc(OCc4ccc(C#N)cc4F)n2)C3)nc2ccc(C(=O)O)cc21. The Morgan fingerprint density at radius 3 is 2.60 bits per heavy atom. The molecule has 10 nitrogen and oxygen atoms in total. The summed E-state index contributed by atoms with van der Waals surface area (Å²) in [6.07, 6.45) is 0. The van der Waals surface area contributed by atoms with Crippen molar-refractivity contribution in [3.05, 3.63) is 94.1 Å². The van der Waals surface area contributed by atoms with E-state index in [1.54, 1.807) is 43.5 Å². The van der Waals surface area contributed by atoms with E-state index in [1.165, 1.54) is 17.2 Å². The molecule has 2 aromatic carbocycles. The van der Waals surface area contributed by atoms with Crippen LogP contribution in [0.25, 0.3) is 11.0 Å². The molecule has 2 aromatic heterocycles. The van der Waals surface area contributed by atoms with E-state index in [4.69, 9.17) is 19.7 Å². The van der Waals surface area contributed by atoms with Gasteiger partial charge in [-0.25, -0.2) is 14.2 Å². The van der Waals surface area contributed by atoms with Gasteiger partial charge >= 0.3 is 5.97 Å². The maximum absolute atomic E-state index is 14.2. The number of carbonyl (C=O) groups is 1. The van der Waals surface area contributed by atoms with Crippen molar-refractivity contribution in [2.24, 2.45) is 0 Å². The van der Waals surface area contributed by atoms with E-state index in [0.29, 0.717) is 31.1 Å². The summed E-state index contributed by atoms with van der Waals surface area (Å²) in [5.41, 5.74) is 5.14. The molecule has 0 saturated carbocycles. The number of nitriles is 1. The number of ether oxygens (including phenoxy) is 2. The number of fused-ring (bicyclic) bond motifs is 1. The lowest BCUT2D eigenvalue weighted by atomic mass is 10.1. The first-order valence-electron chi connectivity index (χ1n) is 13.6. The molecule has 42 heavy (non-hydrogen) atoms. The molecule has 2 aliphatic heterocycles. The van der Waals surface area contributed by atoms with Gasteiger partial charge in [0.25, 0.3) is 0 Å². The van der Waals surface area contributed by atoms with Crippen LogP contribution in [0.4, 0.5) is 10.2 Å². The normalized spacial score (nSPS) is 14.9. The number of hydrogen-bond donors (Lipinski definition) is 1. The number of anilines is 1. The molecule has 0 radical (unpaired) electrons. The van der Waals surface area contributed by atoms with Gasteiger partial charge in [-0.3, -0.25) is 4.90 Å². The molecule has 6 rings (SSSR count). The maximum atomic E-state index is 14.2. The second kappa shape index (κ2) is 11.6. The van der Waals surface area contributed by atoms with Crippen LogP contribution < -0.4 is 9.64 Å². The van der Waals surface area contributed by atoms with Crippen molar-refractivity contribution in [2.45, 2.75) is 19.7 Å². The van der Waals surface area contributed by atoms with Gasteiger partial charge in [0.1, 0.15) is 24.1 Å². The Balaban J connectivity index is 1.09. The number of pyridine rings is 1. The van der Waals surface area contributed by atoms with Crippen LogP contribution >= 0.6 is 0 Å². The molecule has 0 saturated heterocycles. The van der Waals surface area contributed by atoms with Crippen molar-refractivity contribution in [3.8, 4) is 11.9 Å². The molecule has 0 unspecified atom stereocenters. The van der Waals surface area contributed by atoms with Crippen LogP contribution in [-0.4, -0.2) is 70.4 Å². The standard InChI is InChI=1S/C31H29FN6O4/c1-41-10-9-38-27-12-21(31(39)40)7-8-26(27)34-29(38)18-36-14-23-16-37(17-24(23)15-36)28-3-2-4-30(35-28)42-19-22-6-5-20(13-33)11-25(22)32/h2-8,11-12H,9-10,14-19H2,1H3,(H,39,40).